The molecule has 0 atom stereocenters. The van der Waals surface area contributed by atoms with Gasteiger partial charge in [-0.2, -0.15) is 5.10 Å². The van der Waals surface area contributed by atoms with Crippen LogP contribution < -0.4 is 9.64 Å². The molecule has 1 fully saturated rings. The molecular weight excluding hydrogens is 558 g/mol. The number of imidazole rings is 1. The van der Waals surface area contributed by atoms with Gasteiger partial charge in [-0.15, -0.1) is 0 Å². The van der Waals surface area contributed by atoms with E-state index >= 15 is 8.78 Å². The Labute approximate surface area is 244 Å². The van der Waals surface area contributed by atoms with Crippen LogP contribution in [0.5, 0.6) is 5.75 Å². The third-order valence-electron chi connectivity index (χ3n) is 7.71. The van der Waals surface area contributed by atoms with Crippen molar-refractivity contribution in [2.45, 2.75) is 32.3 Å². The molecule has 218 valence electrons. The molecule has 1 N–H and O–H groups in total. The normalized spacial score (nSPS) is 14.9. The second kappa shape index (κ2) is 10.3. The molecule has 1 amide bonds. The van der Waals surface area contributed by atoms with Gasteiger partial charge in [0.15, 0.2) is 5.65 Å². The van der Waals surface area contributed by atoms with Crippen LogP contribution in [-0.2, 0) is 23.2 Å². The van der Waals surface area contributed by atoms with Gasteiger partial charge in [-0.05, 0) is 60.2 Å². The topological polar surface area (TPSA) is 115 Å². The van der Waals surface area contributed by atoms with Crippen molar-refractivity contribution in [2.24, 2.45) is 7.05 Å². The molecule has 1 aliphatic heterocycles. The number of fused-ring (bicyclic) bond motifs is 2. The highest BCUT2D eigenvalue weighted by Crippen LogP contribution is 2.44. The predicted octanol–water partition coefficient (Wildman–Crippen LogP) is 5.28. The molecule has 1 saturated carbocycles. The smallest absolute Gasteiger partial charge is 0.302 e. The molecule has 5 aromatic rings. The van der Waals surface area contributed by atoms with Crippen molar-refractivity contribution >= 4 is 28.7 Å². The lowest BCUT2D eigenvalue weighted by atomic mass is 9.97. The molecule has 3 aromatic heterocycles. The van der Waals surface area contributed by atoms with Gasteiger partial charge < -0.3 is 19.4 Å². The number of nitrogens with one attached hydrogen (secondary N) is 1. The first-order valence-corrected chi connectivity index (χ1v) is 13.8. The van der Waals surface area contributed by atoms with Crippen LogP contribution >= 0.6 is 0 Å². The van der Waals surface area contributed by atoms with Gasteiger partial charge in [-0.25, -0.2) is 18.7 Å². The number of hydrogen-bond donors (Lipinski definition) is 1. The number of amides is 1. The zero-order valence-corrected chi connectivity index (χ0v) is 23.4. The summed E-state index contributed by atoms with van der Waals surface area (Å²) in [6, 6.07) is 7.26. The summed E-state index contributed by atoms with van der Waals surface area (Å²) in [5.41, 5.74) is 3.52. The van der Waals surface area contributed by atoms with Gasteiger partial charge in [0.25, 0.3) is 5.91 Å². The SMILES string of the molecule is CC(=O)OCc1c(-c2ccnc3[nH]c(-c4cnn(C)c4)nc23)cc(F)cc1N1CCOc2cc(C3CC3)cc(F)c2C1=O. The van der Waals surface area contributed by atoms with Crippen molar-refractivity contribution in [3.05, 3.63) is 77.2 Å². The molecule has 12 heteroatoms. The van der Waals surface area contributed by atoms with Crippen molar-refractivity contribution in [2.75, 3.05) is 18.1 Å². The summed E-state index contributed by atoms with van der Waals surface area (Å²) >= 11 is 0. The number of hydrogen-bond acceptors (Lipinski definition) is 7. The number of aryl methyl sites for hydroxylation is 1. The van der Waals surface area contributed by atoms with Crippen LogP contribution in [-0.4, -0.2) is 49.8 Å². The minimum atomic E-state index is -0.690. The summed E-state index contributed by atoms with van der Waals surface area (Å²) in [5, 5.41) is 4.19. The van der Waals surface area contributed by atoms with Gasteiger partial charge in [-0.1, -0.05) is 0 Å². The summed E-state index contributed by atoms with van der Waals surface area (Å²) in [5.74, 6) is -1.63. The quantitative estimate of drug-likeness (QED) is 0.270. The largest absolute Gasteiger partial charge is 0.491 e. The lowest BCUT2D eigenvalue weighted by molar-refractivity contribution is -0.142. The summed E-state index contributed by atoms with van der Waals surface area (Å²) in [4.78, 5) is 39.4. The van der Waals surface area contributed by atoms with E-state index in [-0.39, 0.29) is 42.7 Å². The van der Waals surface area contributed by atoms with Crippen LogP contribution in [0.1, 0.15) is 47.2 Å². The highest BCUT2D eigenvalue weighted by atomic mass is 19.1. The zero-order chi connectivity index (χ0) is 29.8. The Morgan fingerprint density at radius 3 is 2.77 bits per heavy atom. The van der Waals surface area contributed by atoms with Crippen LogP contribution in [0.4, 0.5) is 14.5 Å². The van der Waals surface area contributed by atoms with E-state index in [9.17, 15) is 9.59 Å². The molecule has 43 heavy (non-hydrogen) atoms. The number of H-pyrrole nitrogens is 1. The van der Waals surface area contributed by atoms with Crippen LogP contribution in [0.2, 0.25) is 0 Å². The fourth-order valence-corrected chi connectivity index (χ4v) is 5.53. The maximum Gasteiger partial charge on any atom is 0.302 e. The molecule has 0 saturated heterocycles. The lowest BCUT2D eigenvalue weighted by Gasteiger charge is -2.25. The van der Waals surface area contributed by atoms with E-state index in [4.69, 9.17) is 14.5 Å². The average Bonchev–Trinajstić information content (AvgIpc) is 3.63. The number of aromatic amines is 1. The number of nitrogens with zero attached hydrogens (tertiary/aromatic N) is 5. The first-order valence-electron chi connectivity index (χ1n) is 13.8. The predicted molar refractivity (Wildman–Crippen MR) is 153 cm³/mol. The van der Waals surface area contributed by atoms with E-state index < -0.39 is 23.5 Å². The van der Waals surface area contributed by atoms with Gasteiger partial charge in [-0.3, -0.25) is 14.3 Å². The monoisotopic (exact) mass is 584 g/mol. The molecule has 0 bridgehead atoms. The highest BCUT2D eigenvalue weighted by Gasteiger charge is 2.33. The van der Waals surface area contributed by atoms with Crippen molar-refractivity contribution in [1.82, 2.24) is 24.7 Å². The molecule has 0 spiro atoms. The third kappa shape index (κ3) is 4.88. The van der Waals surface area contributed by atoms with Gasteiger partial charge in [0, 0.05) is 37.5 Å². The van der Waals surface area contributed by atoms with Crippen LogP contribution in [0, 0.1) is 11.6 Å². The average molecular weight is 585 g/mol. The summed E-state index contributed by atoms with van der Waals surface area (Å²) in [6.07, 6.45) is 6.93. The molecule has 2 aromatic carbocycles. The standard InChI is InChI=1S/C31H26F2N6O4/c1-16(40)43-15-23-22(21-5-6-34-30-28(21)36-29(37-30)19-13-35-38(2)14-19)11-20(32)12-25(23)39-7-8-42-26-10-18(17-3-4-17)9-24(33)27(26)31(39)41/h5-6,9-14,17H,3-4,7-8,15H2,1-2H3,(H,34,36,37). The molecule has 0 radical (unpaired) electrons. The van der Waals surface area contributed by atoms with Gasteiger partial charge in [0.2, 0.25) is 0 Å². The second-order valence-electron chi connectivity index (χ2n) is 10.7. The fraction of sp³-hybridized carbons (Fsp3) is 0.258. The molecular formula is C31H26F2N6O4. The second-order valence-corrected chi connectivity index (χ2v) is 10.7. The van der Waals surface area contributed by atoms with Gasteiger partial charge in [0.1, 0.15) is 47.5 Å². The number of halogens is 2. The van der Waals surface area contributed by atoms with Gasteiger partial charge >= 0.3 is 5.97 Å². The van der Waals surface area contributed by atoms with Crippen LogP contribution in [0.25, 0.3) is 33.7 Å². The zero-order valence-electron chi connectivity index (χ0n) is 23.4. The number of pyridine rings is 1. The van der Waals surface area contributed by atoms with Crippen molar-refractivity contribution < 1.29 is 27.8 Å². The molecule has 4 heterocycles. The maximum absolute atomic E-state index is 15.5. The third-order valence-corrected chi connectivity index (χ3v) is 7.71. The minimum Gasteiger partial charge on any atom is -0.491 e. The fourth-order valence-electron chi connectivity index (χ4n) is 5.53. The van der Waals surface area contributed by atoms with E-state index in [0.29, 0.717) is 33.7 Å². The number of aromatic nitrogens is 5. The van der Waals surface area contributed by atoms with E-state index in [1.54, 1.807) is 42.5 Å². The molecule has 1 aliphatic carbocycles. The van der Waals surface area contributed by atoms with E-state index in [0.717, 1.165) is 24.0 Å². The Bertz CT molecular complexity index is 1930. The Morgan fingerprint density at radius 1 is 1.19 bits per heavy atom. The number of anilines is 1. The number of ether oxygens (including phenoxy) is 2. The highest BCUT2D eigenvalue weighted by molar-refractivity contribution is 6.09. The first kappa shape index (κ1) is 26.7. The molecule has 7 rings (SSSR count). The summed E-state index contributed by atoms with van der Waals surface area (Å²) in [6.45, 7) is 1.06. The Morgan fingerprint density at radius 2 is 2.02 bits per heavy atom. The molecule has 10 nitrogen and oxygen atoms in total. The van der Waals surface area contributed by atoms with Crippen molar-refractivity contribution in [3.63, 3.8) is 0 Å². The van der Waals surface area contributed by atoms with E-state index in [1.807, 2.05) is 0 Å². The number of esters is 1. The Balaban J connectivity index is 1.38. The number of rotatable bonds is 6. The number of benzene rings is 2. The molecule has 0 unspecified atom stereocenters. The van der Waals surface area contributed by atoms with E-state index in [1.165, 1.54) is 30.0 Å². The Hall–Kier alpha value is -5.13. The van der Waals surface area contributed by atoms with Crippen LogP contribution in [0.3, 0.4) is 0 Å². The van der Waals surface area contributed by atoms with E-state index in [2.05, 4.69) is 15.1 Å². The summed E-state index contributed by atoms with van der Waals surface area (Å²) in [7, 11) is 1.79. The lowest BCUT2D eigenvalue weighted by Crippen LogP contribution is -2.34. The van der Waals surface area contributed by atoms with Crippen molar-refractivity contribution in [1.29, 1.82) is 0 Å². The number of carbonyl (C=O) groups excluding carboxylic acids is 2. The first-order chi connectivity index (χ1) is 20.8. The van der Waals surface area contributed by atoms with Crippen molar-refractivity contribution in [3.8, 4) is 28.3 Å². The molecule has 2 aliphatic rings. The summed E-state index contributed by atoms with van der Waals surface area (Å²) < 4.78 is 43.8. The number of carbonyl (C=O) groups is 2. The Kier molecular flexibility index (Phi) is 6.41. The maximum atomic E-state index is 15.5. The van der Waals surface area contributed by atoms with Crippen LogP contribution in [0.15, 0.2) is 48.9 Å². The minimum absolute atomic E-state index is 0.0149. The van der Waals surface area contributed by atoms with Gasteiger partial charge in [0.05, 0.1) is 24.0 Å².